The third kappa shape index (κ3) is 5.07. The van der Waals surface area contributed by atoms with Crippen LogP contribution in [0, 0.1) is 0 Å². The molecule has 3 N–H and O–H groups in total. The Morgan fingerprint density at radius 2 is 1.75 bits per heavy atom. The van der Waals surface area contributed by atoms with Crippen molar-refractivity contribution in [3.63, 3.8) is 0 Å². The van der Waals surface area contributed by atoms with Crippen LogP contribution in [0.25, 0.3) is 0 Å². The summed E-state index contributed by atoms with van der Waals surface area (Å²) in [5, 5.41) is 7.68. The number of alkyl halides is 3. The summed E-state index contributed by atoms with van der Waals surface area (Å²) in [6.45, 7) is 0. The number of hydrogen-bond donors (Lipinski definition) is 2. The minimum absolute atomic E-state index is 0.0612. The summed E-state index contributed by atoms with van der Waals surface area (Å²) in [4.78, 5) is 4.04. The van der Waals surface area contributed by atoms with Crippen LogP contribution in [0.2, 0.25) is 0 Å². The van der Waals surface area contributed by atoms with Crippen LogP contribution in [0.1, 0.15) is 5.56 Å². The zero-order valence-electron chi connectivity index (χ0n) is 11.9. The fourth-order valence-corrected chi connectivity index (χ4v) is 2.74. The quantitative estimate of drug-likeness (QED) is 0.454. The summed E-state index contributed by atoms with van der Waals surface area (Å²) in [5.74, 6) is 0. The molecule has 0 heterocycles. The molecule has 0 aliphatic heterocycles. The molecular weight excluding hydrogens is 410 g/mol. The predicted octanol–water partition coefficient (Wildman–Crippen LogP) is 2.62. The number of amidine groups is 1. The van der Waals surface area contributed by atoms with Crippen LogP contribution in [-0.2, 0) is 16.2 Å². The van der Waals surface area contributed by atoms with Crippen LogP contribution >= 0.6 is 0 Å². The Bertz CT molecular complexity index is 866. The zero-order chi connectivity index (χ0) is 18.0. The molecule has 5 nitrogen and oxygen atoms in total. The molecule has 0 amide bonds. The SMILES string of the molecule is NS(=O)(=O)c1ccc(N=C([Se])Nc2cccc(C(F)(F)F)c2)cc1. The molecule has 0 aliphatic rings. The van der Waals surface area contributed by atoms with E-state index < -0.39 is 21.8 Å². The Kier molecular flexibility index (Phi) is 5.34. The monoisotopic (exact) mass is 422 g/mol. The summed E-state index contributed by atoms with van der Waals surface area (Å²) in [5.41, 5.74) is -0.170. The maximum absolute atomic E-state index is 12.7. The van der Waals surface area contributed by atoms with Crippen LogP contribution in [0.15, 0.2) is 58.4 Å². The topological polar surface area (TPSA) is 84.6 Å². The van der Waals surface area contributed by atoms with Gasteiger partial charge in [0.1, 0.15) is 0 Å². The summed E-state index contributed by atoms with van der Waals surface area (Å²) >= 11 is 2.59. The molecule has 0 aromatic heterocycles. The number of aliphatic imine (C=N–C) groups is 1. The van der Waals surface area contributed by atoms with Gasteiger partial charge in [-0.2, -0.15) is 0 Å². The second-order valence-corrected chi connectivity index (χ2v) is 7.03. The first-order chi connectivity index (χ1) is 11.1. The van der Waals surface area contributed by atoms with E-state index in [4.69, 9.17) is 5.14 Å². The molecule has 2 aromatic carbocycles. The second kappa shape index (κ2) is 6.94. The Morgan fingerprint density at radius 1 is 1.12 bits per heavy atom. The first-order valence-electron chi connectivity index (χ1n) is 6.38. The van der Waals surface area contributed by atoms with E-state index in [2.05, 4.69) is 26.3 Å². The van der Waals surface area contributed by atoms with Crippen molar-refractivity contribution >= 4 is 42.1 Å². The number of hydrogen-bond acceptors (Lipinski definition) is 3. The number of halogens is 3. The Hall–Kier alpha value is -1.87. The molecule has 0 unspecified atom stereocenters. The van der Waals surface area contributed by atoms with Crippen molar-refractivity contribution in [2.45, 2.75) is 11.1 Å². The van der Waals surface area contributed by atoms with Gasteiger partial charge in [0.05, 0.1) is 0 Å². The fraction of sp³-hybridized carbons (Fsp3) is 0.0714. The van der Waals surface area contributed by atoms with Crippen LogP contribution in [0.4, 0.5) is 24.5 Å². The van der Waals surface area contributed by atoms with Crippen LogP contribution < -0.4 is 10.5 Å². The molecule has 0 bridgehead atoms. The van der Waals surface area contributed by atoms with Crippen LogP contribution in [0.3, 0.4) is 0 Å². The predicted molar refractivity (Wildman–Crippen MR) is 85.7 cm³/mol. The van der Waals surface area contributed by atoms with E-state index in [1.807, 2.05) is 0 Å². The number of nitrogens with zero attached hydrogens (tertiary/aromatic N) is 1. The van der Waals surface area contributed by atoms with Crippen molar-refractivity contribution in [3.8, 4) is 0 Å². The van der Waals surface area contributed by atoms with E-state index in [1.165, 1.54) is 36.4 Å². The van der Waals surface area contributed by atoms with Gasteiger partial charge in [-0.25, -0.2) is 0 Å². The molecule has 127 valence electrons. The molecule has 24 heavy (non-hydrogen) atoms. The molecule has 0 saturated heterocycles. The summed E-state index contributed by atoms with van der Waals surface area (Å²) in [7, 11) is -3.79. The van der Waals surface area contributed by atoms with Gasteiger partial charge in [0.2, 0.25) is 0 Å². The molecule has 1 radical (unpaired) electrons. The van der Waals surface area contributed by atoms with Gasteiger partial charge in [-0.15, -0.1) is 0 Å². The fourth-order valence-electron chi connectivity index (χ4n) is 1.75. The average molecular weight is 421 g/mol. The summed E-state index contributed by atoms with van der Waals surface area (Å²) in [6.07, 6.45) is -4.43. The van der Waals surface area contributed by atoms with E-state index in [0.717, 1.165) is 12.1 Å². The Labute approximate surface area is 144 Å². The first-order valence-corrected chi connectivity index (χ1v) is 8.79. The van der Waals surface area contributed by atoms with Crippen LogP contribution in [-0.4, -0.2) is 29.2 Å². The molecule has 10 heteroatoms. The number of primary sulfonamides is 1. The van der Waals surface area contributed by atoms with Crippen molar-refractivity contribution in [3.05, 3.63) is 54.1 Å². The van der Waals surface area contributed by atoms with Gasteiger partial charge in [0, 0.05) is 0 Å². The Morgan fingerprint density at radius 3 is 2.29 bits per heavy atom. The number of sulfonamides is 1. The van der Waals surface area contributed by atoms with Gasteiger partial charge in [-0.3, -0.25) is 0 Å². The number of nitrogens with two attached hydrogens (primary N) is 1. The maximum atomic E-state index is 12.7. The van der Waals surface area contributed by atoms with Crippen molar-refractivity contribution in [2.24, 2.45) is 10.1 Å². The standard InChI is InChI=1S/C14H11F3N3O2SSe/c15-14(16,17)9-2-1-3-11(8-9)20-13(24)19-10-4-6-12(7-5-10)23(18,21)22/h1-8H,(H,19,20)(H2,18,21,22). The van der Waals surface area contributed by atoms with Crippen molar-refractivity contribution in [1.82, 2.24) is 0 Å². The molecule has 0 aliphatic carbocycles. The minimum atomic E-state index is -4.43. The van der Waals surface area contributed by atoms with E-state index in [-0.39, 0.29) is 15.3 Å². The molecule has 2 rings (SSSR count). The van der Waals surface area contributed by atoms with Gasteiger partial charge < -0.3 is 0 Å². The average Bonchev–Trinajstić information content (AvgIpc) is 2.46. The van der Waals surface area contributed by atoms with Gasteiger partial charge in [0.15, 0.2) is 0 Å². The van der Waals surface area contributed by atoms with E-state index in [9.17, 15) is 21.6 Å². The third-order valence-electron chi connectivity index (χ3n) is 2.84. The molecule has 0 atom stereocenters. The normalized spacial score (nSPS) is 12.9. The number of benzene rings is 2. The van der Waals surface area contributed by atoms with Gasteiger partial charge >= 0.3 is 144 Å². The Balaban J connectivity index is 2.17. The summed E-state index contributed by atoms with van der Waals surface area (Å²) < 4.78 is 60.5. The number of anilines is 1. The van der Waals surface area contributed by atoms with Gasteiger partial charge in [0.25, 0.3) is 0 Å². The number of nitrogens with one attached hydrogen (secondary N) is 1. The summed E-state index contributed by atoms with van der Waals surface area (Å²) in [6, 6.07) is 10.1. The van der Waals surface area contributed by atoms with Crippen molar-refractivity contribution in [2.75, 3.05) is 5.32 Å². The van der Waals surface area contributed by atoms with Gasteiger partial charge in [-0.1, -0.05) is 0 Å². The zero-order valence-corrected chi connectivity index (χ0v) is 14.4. The molecule has 0 saturated carbocycles. The van der Waals surface area contributed by atoms with E-state index in [1.54, 1.807) is 0 Å². The van der Waals surface area contributed by atoms with Crippen LogP contribution in [0.5, 0.6) is 0 Å². The molecule has 0 fully saturated rings. The molecular formula is C14H11F3N3O2SSe. The molecule has 0 spiro atoms. The van der Waals surface area contributed by atoms with E-state index >= 15 is 0 Å². The molecule has 2 aromatic rings. The first kappa shape index (κ1) is 18.5. The van der Waals surface area contributed by atoms with Crippen molar-refractivity contribution in [1.29, 1.82) is 0 Å². The number of rotatable bonds is 3. The van der Waals surface area contributed by atoms with Gasteiger partial charge in [-0.05, 0) is 0 Å². The second-order valence-electron chi connectivity index (χ2n) is 4.66. The van der Waals surface area contributed by atoms with Crippen molar-refractivity contribution < 1.29 is 21.6 Å². The third-order valence-corrected chi connectivity index (χ3v) is 4.17. The van der Waals surface area contributed by atoms with E-state index in [0.29, 0.717) is 5.69 Å².